The molecule has 2 rings (SSSR count). The molecule has 1 aromatic heterocycles. The Kier molecular flexibility index (Phi) is 8.42. The fourth-order valence-electron chi connectivity index (χ4n) is 2.60. The van der Waals surface area contributed by atoms with Gasteiger partial charge in [0.05, 0.1) is 17.3 Å². The summed E-state index contributed by atoms with van der Waals surface area (Å²) in [6, 6.07) is 3.49. The molecule has 33 heavy (non-hydrogen) atoms. The van der Waals surface area contributed by atoms with Gasteiger partial charge in [0, 0.05) is 32.6 Å². The van der Waals surface area contributed by atoms with E-state index in [0.717, 1.165) is 6.07 Å². The van der Waals surface area contributed by atoms with E-state index in [1.807, 2.05) is 0 Å². The SMILES string of the molecule is CC(=O)NCCNc1nc(Nc2cc(C(=O)O)cc(C(=O)O)c2)nc(NC(C)NC(C)=O)n1. The summed E-state index contributed by atoms with van der Waals surface area (Å²) >= 11 is 0. The van der Waals surface area contributed by atoms with E-state index in [4.69, 9.17) is 0 Å². The molecular formula is C19H24N8O6. The van der Waals surface area contributed by atoms with E-state index >= 15 is 0 Å². The molecule has 0 bridgehead atoms. The lowest BCUT2D eigenvalue weighted by molar-refractivity contribution is -0.120. The number of carboxylic acid groups (broad SMARTS) is 2. The van der Waals surface area contributed by atoms with Gasteiger partial charge in [0.1, 0.15) is 0 Å². The van der Waals surface area contributed by atoms with Crippen molar-refractivity contribution in [3.63, 3.8) is 0 Å². The third-order valence-corrected chi connectivity index (χ3v) is 3.87. The van der Waals surface area contributed by atoms with Crippen LogP contribution in [0.2, 0.25) is 0 Å². The third-order valence-electron chi connectivity index (χ3n) is 3.87. The van der Waals surface area contributed by atoms with Crippen molar-refractivity contribution in [2.24, 2.45) is 0 Å². The van der Waals surface area contributed by atoms with Gasteiger partial charge < -0.3 is 36.8 Å². The first kappa shape index (κ1) is 24.8. The minimum absolute atomic E-state index is 0.0246. The molecule has 1 aromatic carbocycles. The van der Waals surface area contributed by atoms with Crippen molar-refractivity contribution < 1.29 is 29.4 Å². The van der Waals surface area contributed by atoms with E-state index in [9.17, 15) is 29.4 Å². The zero-order chi connectivity index (χ0) is 24.5. The van der Waals surface area contributed by atoms with Crippen molar-refractivity contribution in [3.05, 3.63) is 29.3 Å². The first-order chi connectivity index (χ1) is 15.5. The number of rotatable bonds is 11. The second kappa shape index (κ2) is 11.2. The van der Waals surface area contributed by atoms with Crippen LogP contribution in [0, 0.1) is 0 Å². The molecule has 176 valence electrons. The summed E-state index contributed by atoms with van der Waals surface area (Å²) in [6.07, 6.45) is -0.529. The van der Waals surface area contributed by atoms with Crippen LogP contribution in [-0.4, -0.2) is 68.2 Å². The lowest BCUT2D eigenvalue weighted by Crippen LogP contribution is -2.37. The maximum Gasteiger partial charge on any atom is 0.335 e. The maximum atomic E-state index is 11.3. The Labute approximate surface area is 188 Å². The molecular weight excluding hydrogens is 436 g/mol. The summed E-state index contributed by atoms with van der Waals surface area (Å²) in [5, 5.41) is 32.3. The average Bonchev–Trinajstić information content (AvgIpc) is 2.70. The van der Waals surface area contributed by atoms with Gasteiger partial charge in [0.2, 0.25) is 29.7 Å². The minimum atomic E-state index is -1.30. The normalized spacial score (nSPS) is 11.1. The number of nitrogens with one attached hydrogen (secondary N) is 5. The highest BCUT2D eigenvalue weighted by molar-refractivity contribution is 5.95. The quantitative estimate of drug-likeness (QED) is 0.180. The van der Waals surface area contributed by atoms with Crippen molar-refractivity contribution in [3.8, 4) is 0 Å². The number of benzene rings is 1. The number of amides is 2. The minimum Gasteiger partial charge on any atom is -0.478 e. The number of hydrogen-bond donors (Lipinski definition) is 7. The summed E-state index contributed by atoms with van der Waals surface area (Å²) in [7, 11) is 0. The lowest BCUT2D eigenvalue weighted by Gasteiger charge is -2.16. The van der Waals surface area contributed by atoms with Crippen LogP contribution in [0.25, 0.3) is 0 Å². The smallest absolute Gasteiger partial charge is 0.335 e. The summed E-state index contributed by atoms with van der Waals surface area (Å²) in [5.41, 5.74) is -0.348. The number of carbonyl (C=O) groups excluding carboxylic acids is 2. The zero-order valence-corrected chi connectivity index (χ0v) is 18.1. The number of hydrogen-bond acceptors (Lipinski definition) is 10. The Bertz CT molecular complexity index is 1030. The number of carbonyl (C=O) groups is 4. The molecule has 0 saturated carbocycles. The Morgan fingerprint density at radius 2 is 1.42 bits per heavy atom. The van der Waals surface area contributed by atoms with Gasteiger partial charge in [-0.05, 0) is 25.1 Å². The number of aromatic nitrogens is 3. The van der Waals surface area contributed by atoms with E-state index in [2.05, 4.69) is 41.5 Å². The van der Waals surface area contributed by atoms with Gasteiger partial charge in [-0.25, -0.2) is 9.59 Å². The van der Waals surface area contributed by atoms with Crippen LogP contribution in [-0.2, 0) is 9.59 Å². The Hall–Kier alpha value is -4.49. The van der Waals surface area contributed by atoms with Gasteiger partial charge in [-0.15, -0.1) is 0 Å². The van der Waals surface area contributed by atoms with Gasteiger partial charge in [0.25, 0.3) is 0 Å². The van der Waals surface area contributed by atoms with Crippen LogP contribution in [0.4, 0.5) is 23.5 Å². The van der Waals surface area contributed by atoms with Crippen molar-refractivity contribution in [1.29, 1.82) is 0 Å². The lowest BCUT2D eigenvalue weighted by atomic mass is 10.1. The molecule has 1 unspecified atom stereocenters. The largest absolute Gasteiger partial charge is 0.478 e. The van der Waals surface area contributed by atoms with Crippen molar-refractivity contribution >= 4 is 47.3 Å². The van der Waals surface area contributed by atoms with Crippen molar-refractivity contribution in [1.82, 2.24) is 25.6 Å². The van der Waals surface area contributed by atoms with Gasteiger partial charge >= 0.3 is 11.9 Å². The Balaban J connectivity index is 2.33. The van der Waals surface area contributed by atoms with E-state index in [1.165, 1.54) is 26.0 Å². The van der Waals surface area contributed by atoms with E-state index < -0.39 is 18.1 Å². The summed E-state index contributed by atoms with van der Waals surface area (Å²) in [4.78, 5) is 57.5. The molecule has 0 aliphatic rings. The summed E-state index contributed by atoms with van der Waals surface area (Å²) in [6.45, 7) is 4.99. The second-order valence-electron chi connectivity index (χ2n) is 6.82. The topological polar surface area (TPSA) is 208 Å². The van der Waals surface area contributed by atoms with Gasteiger partial charge in [-0.3, -0.25) is 9.59 Å². The summed E-state index contributed by atoms with van der Waals surface area (Å²) < 4.78 is 0. The molecule has 0 aliphatic heterocycles. The van der Waals surface area contributed by atoms with E-state index in [0.29, 0.717) is 13.1 Å². The first-order valence-corrected chi connectivity index (χ1v) is 9.70. The van der Waals surface area contributed by atoms with Crippen molar-refractivity contribution in [2.45, 2.75) is 26.9 Å². The van der Waals surface area contributed by atoms with Crippen LogP contribution in [0.5, 0.6) is 0 Å². The van der Waals surface area contributed by atoms with Crippen molar-refractivity contribution in [2.75, 3.05) is 29.0 Å². The highest BCUT2D eigenvalue weighted by Gasteiger charge is 2.14. The predicted molar refractivity (Wildman–Crippen MR) is 118 cm³/mol. The molecule has 1 atom stereocenters. The molecule has 2 aromatic rings. The Morgan fingerprint density at radius 1 is 0.848 bits per heavy atom. The standard InChI is InChI=1S/C19H24N8O6/c1-9(22-11(3)29)23-18-25-17(21-5-4-20-10(2)28)26-19(27-18)24-14-7-12(15(30)31)6-13(8-14)16(32)33/h6-9H,4-5H2,1-3H3,(H,20,28)(H,22,29)(H,30,31)(H,32,33)(H3,21,23,24,25,26,27). The molecule has 0 radical (unpaired) electrons. The van der Waals surface area contributed by atoms with E-state index in [1.54, 1.807) is 6.92 Å². The molecule has 0 saturated heterocycles. The highest BCUT2D eigenvalue weighted by atomic mass is 16.4. The molecule has 14 nitrogen and oxygen atoms in total. The van der Waals surface area contributed by atoms with E-state index in [-0.39, 0.29) is 46.5 Å². The molecule has 14 heteroatoms. The van der Waals surface area contributed by atoms with Gasteiger partial charge in [0.15, 0.2) is 0 Å². The van der Waals surface area contributed by atoms with Crippen LogP contribution in [0.15, 0.2) is 18.2 Å². The predicted octanol–water partition coefficient (Wildman–Crippen LogP) is 0.454. The Morgan fingerprint density at radius 3 is 1.97 bits per heavy atom. The fraction of sp³-hybridized carbons (Fsp3) is 0.316. The van der Waals surface area contributed by atoms with Crippen LogP contribution in [0.1, 0.15) is 41.5 Å². The maximum absolute atomic E-state index is 11.3. The molecule has 1 heterocycles. The third kappa shape index (κ3) is 8.28. The summed E-state index contributed by atoms with van der Waals surface area (Å²) in [5.74, 6) is -2.92. The zero-order valence-electron chi connectivity index (χ0n) is 18.1. The van der Waals surface area contributed by atoms with Gasteiger partial charge in [-0.1, -0.05) is 0 Å². The fourth-order valence-corrected chi connectivity index (χ4v) is 2.60. The number of carboxylic acids is 2. The molecule has 0 aliphatic carbocycles. The number of anilines is 4. The van der Waals surface area contributed by atoms with Crippen LogP contribution >= 0.6 is 0 Å². The average molecular weight is 460 g/mol. The molecule has 7 N–H and O–H groups in total. The molecule has 0 spiro atoms. The van der Waals surface area contributed by atoms with Crippen LogP contribution in [0.3, 0.4) is 0 Å². The van der Waals surface area contributed by atoms with Gasteiger partial charge in [-0.2, -0.15) is 15.0 Å². The van der Waals surface area contributed by atoms with Crippen LogP contribution < -0.4 is 26.6 Å². The number of nitrogens with zero attached hydrogens (tertiary/aromatic N) is 3. The highest BCUT2D eigenvalue weighted by Crippen LogP contribution is 2.20. The molecule has 0 fully saturated rings. The second-order valence-corrected chi connectivity index (χ2v) is 6.82. The number of aromatic carboxylic acids is 2. The first-order valence-electron chi connectivity index (χ1n) is 9.70. The monoisotopic (exact) mass is 460 g/mol. The molecule has 2 amide bonds.